The Kier molecular flexibility index (Phi) is 3.50. The topological polar surface area (TPSA) is 55.1 Å². The lowest BCUT2D eigenvalue weighted by atomic mass is 9.76. The van der Waals surface area contributed by atoms with Crippen molar-refractivity contribution in [2.24, 2.45) is 11.1 Å². The fourth-order valence-electron chi connectivity index (χ4n) is 0.609. The van der Waals surface area contributed by atoms with Gasteiger partial charge in [-0.15, -0.1) is 0 Å². The van der Waals surface area contributed by atoms with Crippen molar-refractivity contribution in [2.75, 3.05) is 0 Å². The van der Waals surface area contributed by atoms with Crippen LogP contribution in [0.2, 0.25) is 0 Å². The highest BCUT2D eigenvalue weighted by Gasteiger charge is 2.34. The van der Waals surface area contributed by atoms with Gasteiger partial charge in [0.25, 0.3) is 0 Å². The van der Waals surface area contributed by atoms with E-state index in [-0.39, 0.29) is 16.9 Å². The molecule has 0 saturated heterocycles. The summed E-state index contributed by atoms with van der Waals surface area (Å²) in [5, 5.41) is 2.93. The van der Waals surface area contributed by atoms with Gasteiger partial charge in [-0.05, 0) is 26.2 Å². The first-order valence-electron chi connectivity index (χ1n) is 4.65. The number of carbonyl (C=O) groups excluding carboxylic acids is 1. The Morgan fingerprint density at radius 3 is 1.85 bits per heavy atom. The first kappa shape index (κ1) is 12.4. The summed E-state index contributed by atoms with van der Waals surface area (Å²) in [4.78, 5) is 11.4. The third-order valence-corrected chi connectivity index (χ3v) is 2.72. The zero-order valence-corrected chi connectivity index (χ0v) is 9.56. The summed E-state index contributed by atoms with van der Waals surface area (Å²) in [6, 6.07) is -0.443. The van der Waals surface area contributed by atoms with Crippen LogP contribution in [0.15, 0.2) is 0 Å². The smallest absolute Gasteiger partial charge is 0.237 e. The molecule has 0 aromatic carbocycles. The van der Waals surface area contributed by atoms with E-state index in [1.807, 2.05) is 13.8 Å². The Morgan fingerprint density at radius 1 is 1.23 bits per heavy atom. The quantitative estimate of drug-likeness (QED) is 0.682. The standard InChI is InChI=1S/C10H22N2O/c1-7(11)8(13)12-10(5,6)9(2,3)4/h7H,11H2,1-6H3,(H,12,13)/t7-/m1/s1. The minimum atomic E-state index is -0.443. The molecule has 1 amide bonds. The van der Waals surface area contributed by atoms with Crippen molar-refractivity contribution in [1.29, 1.82) is 0 Å². The van der Waals surface area contributed by atoms with Gasteiger partial charge in [0.1, 0.15) is 0 Å². The number of nitrogens with one attached hydrogen (secondary N) is 1. The third-order valence-electron chi connectivity index (χ3n) is 2.72. The minimum absolute atomic E-state index is 0.0253. The molecular weight excluding hydrogens is 164 g/mol. The molecule has 0 unspecified atom stereocenters. The van der Waals surface area contributed by atoms with Crippen LogP contribution in [0.3, 0.4) is 0 Å². The number of carbonyl (C=O) groups is 1. The van der Waals surface area contributed by atoms with Crippen molar-refractivity contribution < 1.29 is 4.79 Å². The maximum Gasteiger partial charge on any atom is 0.237 e. The van der Waals surface area contributed by atoms with Crippen molar-refractivity contribution in [3.05, 3.63) is 0 Å². The SMILES string of the molecule is C[C@@H](N)C(=O)NC(C)(C)C(C)(C)C. The number of nitrogens with two attached hydrogens (primary N) is 1. The molecular formula is C10H22N2O. The molecule has 0 aliphatic heterocycles. The average Bonchev–Trinajstić information content (AvgIpc) is 1.83. The lowest BCUT2D eigenvalue weighted by Gasteiger charge is -2.40. The van der Waals surface area contributed by atoms with Gasteiger partial charge in [0, 0.05) is 5.54 Å². The Labute approximate surface area is 81.1 Å². The number of amides is 1. The molecule has 0 aliphatic carbocycles. The number of hydrogen-bond acceptors (Lipinski definition) is 2. The summed E-state index contributed by atoms with van der Waals surface area (Å²) in [7, 11) is 0. The van der Waals surface area contributed by atoms with Crippen LogP contribution >= 0.6 is 0 Å². The maximum atomic E-state index is 11.4. The molecule has 3 nitrogen and oxygen atoms in total. The Morgan fingerprint density at radius 2 is 1.62 bits per heavy atom. The largest absolute Gasteiger partial charge is 0.349 e. The lowest BCUT2D eigenvalue weighted by molar-refractivity contribution is -0.124. The summed E-state index contributed by atoms with van der Waals surface area (Å²) in [5.74, 6) is -0.0973. The zero-order chi connectivity index (χ0) is 10.9. The summed E-state index contributed by atoms with van der Waals surface area (Å²) >= 11 is 0. The second-order valence-corrected chi connectivity index (χ2v) is 5.15. The van der Waals surface area contributed by atoms with Gasteiger partial charge in [-0.2, -0.15) is 0 Å². The van der Waals surface area contributed by atoms with Gasteiger partial charge in [0.05, 0.1) is 6.04 Å². The molecule has 3 heteroatoms. The van der Waals surface area contributed by atoms with E-state index in [0.717, 1.165) is 0 Å². The van der Waals surface area contributed by atoms with Crippen LogP contribution in [-0.4, -0.2) is 17.5 Å². The molecule has 0 radical (unpaired) electrons. The van der Waals surface area contributed by atoms with Crippen LogP contribution in [0.5, 0.6) is 0 Å². The van der Waals surface area contributed by atoms with Crippen LogP contribution < -0.4 is 11.1 Å². The molecule has 78 valence electrons. The molecule has 0 bridgehead atoms. The van der Waals surface area contributed by atoms with Crippen LogP contribution in [0.4, 0.5) is 0 Å². The van der Waals surface area contributed by atoms with Crippen LogP contribution in [0, 0.1) is 5.41 Å². The van der Waals surface area contributed by atoms with Crippen molar-refractivity contribution in [3.63, 3.8) is 0 Å². The van der Waals surface area contributed by atoms with Crippen LogP contribution in [0.25, 0.3) is 0 Å². The van der Waals surface area contributed by atoms with Gasteiger partial charge in [0.15, 0.2) is 0 Å². The van der Waals surface area contributed by atoms with Gasteiger partial charge >= 0.3 is 0 Å². The van der Waals surface area contributed by atoms with Gasteiger partial charge in [0.2, 0.25) is 5.91 Å². The fourth-order valence-corrected chi connectivity index (χ4v) is 0.609. The predicted octanol–water partition coefficient (Wildman–Crippen LogP) is 1.27. The molecule has 0 aliphatic rings. The van der Waals surface area contributed by atoms with Crippen molar-refractivity contribution in [2.45, 2.75) is 53.1 Å². The Balaban J connectivity index is 4.44. The van der Waals surface area contributed by atoms with Gasteiger partial charge < -0.3 is 11.1 Å². The minimum Gasteiger partial charge on any atom is -0.349 e. The van der Waals surface area contributed by atoms with Crippen LogP contribution in [0.1, 0.15) is 41.5 Å². The molecule has 0 saturated carbocycles. The van der Waals surface area contributed by atoms with E-state index in [4.69, 9.17) is 5.73 Å². The van der Waals surface area contributed by atoms with Crippen molar-refractivity contribution in [3.8, 4) is 0 Å². The van der Waals surface area contributed by atoms with Gasteiger partial charge in [-0.1, -0.05) is 20.8 Å². The molecule has 13 heavy (non-hydrogen) atoms. The highest BCUT2D eigenvalue weighted by atomic mass is 16.2. The molecule has 1 atom stereocenters. The molecule has 0 rings (SSSR count). The van der Waals surface area contributed by atoms with E-state index in [0.29, 0.717) is 0 Å². The summed E-state index contributed by atoms with van der Waals surface area (Å²) in [6.07, 6.45) is 0. The van der Waals surface area contributed by atoms with E-state index in [9.17, 15) is 4.79 Å². The number of hydrogen-bond donors (Lipinski definition) is 2. The second-order valence-electron chi connectivity index (χ2n) is 5.15. The summed E-state index contributed by atoms with van der Waals surface area (Å²) in [5.41, 5.74) is 5.26. The van der Waals surface area contributed by atoms with Gasteiger partial charge in [-0.3, -0.25) is 4.79 Å². The molecule has 3 N–H and O–H groups in total. The maximum absolute atomic E-state index is 11.4. The van der Waals surface area contributed by atoms with E-state index in [1.165, 1.54) is 0 Å². The highest BCUT2D eigenvalue weighted by Crippen LogP contribution is 2.29. The van der Waals surface area contributed by atoms with Crippen LogP contribution in [-0.2, 0) is 4.79 Å². The molecule has 0 fully saturated rings. The van der Waals surface area contributed by atoms with Crippen molar-refractivity contribution >= 4 is 5.91 Å². The average molecular weight is 186 g/mol. The zero-order valence-electron chi connectivity index (χ0n) is 9.56. The monoisotopic (exact) mass is 186 g/mol. The van der Waals surface area contributed by atoms with Gasteiger partial charge in [-0.25, -0.2) is 0 Å². The second kappa shape index (κ2) is 3.66. The summed E-state index contributed by atoms with van der Waals surface area (Å²) in [6.45, 7) is 12.0. The first-order valence-corrected chi connectivity index (χ1v) is 4.65. The molecule has 0 aromatic heterocycles. The normalized spacial score (nSPS) is 15.3. The van der Waals surface area contributed by atoms with E-state index in [2.05, 4.69) is 26.1 Å². The highest BCUT2D eigenvalue weighted by molar-refractivity contribution is 5.81. The Hall–Kier alpha value is -0.570. The summed E-state index contributed by atoms with van der Waals surface area (Å²) < 4.78 is 0. The molecule has 0 spiro atoms. The molecule has 0 heterocycles. The fraction of sp³-hybridized carbons (Fsp3) is 0.900. The third kappa shape index (κ3) is 3.35. The predicted molar refractivity (Wildman–Crippen MR) is 55.3 cm³/mol. The lowest BCUT2D eigenvalue weighted by Crippen LogP contribution is -2.56. The van der Waals surface area contributed by atoms with E-state index in [1.54, 1.807) is 6.92 Å². The molecule has 0 aromatic rings. The van der Waals surface area contributed by atoms with E-state index >= 15 is 0 Å². The van der Waals surface area contributed by atoms with E-state index < -0.39 is 6.04 Å². The van der Waals surface area contributed by atoms with Crippen molar-refractivity contribution in [1.82, 2.24) is 5.32 Å². The number of rotatable bonds is 2. The Bertz CT molecular complexity index is 190. The first-order chi connectivity index (χ1) is 5.58.